The Kier molecular flexibility index (Phi) is 7.10. The number of ether oxygens (including phenoxy) is 2. The number of nitrogens with zero attached hydrogens (tertiary/aromatic N) is 1. The van der Waals surface area contributed by atoms with Crippen molar-refractivity contribution in [3.8, 4) is 5.75 Å². The molecule has 27 heavy (non-hydrogen) atoms. The summed E-state index contributed by atoms with van der Waals surface area (Å²) in [5.74, 6) is 0.654. The molecule has 0 aromatic heterocycles. The summed E-state index contributed by atoms with van der Waals surface area (Å²) in [5.41, 5.74) is 0. The molecule has 6 heteroatoms. The zero-order chi connectivity index (χ0) is 19.2. The van der Waals surface area contributed by atoms with Crippen LogP contribution in [0.5, 0.6) is 5.75 Å². The number of aliphatic hydroxyl groups is 1. The van der Waals surface area contributed by atoms with Gasteiger partial charge in [-0.25, -0.2) is 0 Å². The van der Waals surface area contributed by atoms with Crippen molar-refractivity contribution in [2.45, 2.75) is 25.9 Å². The summed E-state index contributed by atoms with van der Waals surface area (Å²) in [6.07, 6.45) is 1.00. The van der Waals surface area contributed by atoms with Gasteiger partial charge in [-0.3, -0.25) is 4.79 Å². The van der Waals surface area contributed by atoms with Crippen LogP contribution >= 0.6 is 15.9 Å². The predicted octanol–water partition coefficient (Wildman–Crippen LogP) is 3.62. The number of β-amino-alcohol motifs (C(OH)–C–C–N with tert-alkyl or cyclic N) is 1. The molecule has 1 heterocycles. The largest absolute Gasteiger partial charge is 0.491 e. The molecule has 1 unspecified atom stereocenters. The van der Waals surface area contributed by atoms with Gasteiger partial charge in [0.25, 0.3) is 0 Å². The fourth-order valence-corrected chi connectivity index (χ4v) is 3.82. The van der Waals surface area contributed by atoms with Gasteiger partial charge >= 0.3 is 5.97 Å². The van der Waals surface area contributed by atoms with Crippen LogP contribution in [-0.4, -0.2) is 54.9 Å². The molecule has 0 spiro atoms. The molecule has 1 aliphatic heterocycles. The van der Waals surface area contributed by atoms with Crippen LogP contribution in [0.3, 0.4) is 0 Å². The Hall–Kier alpha value is -1.63. The van der Waals surface area contributed by atoms with Gasteiger partial charge in [0.1, 0.15) is 18.5 Å². The number of hydrogen-bond acceptors (Lipinski definition) is 5. The highest BCUT2D eigenvalue weighted by molar-refractivity contribution is 9.10. The molecule has 1 N–H and O–H groups in total. The number of rotatable bonds is 7. The van der Waals surface area contributed by atoms with Gasteiger partial charge in [-0.2, -0.15) is 0 Å². The van der Waals surface area contributed by atoms with E-state index < -0.39 is 6.10 Å². The van der Waals surface area contributed by atoms with Gasteiger partial charge in [0.2, 0.25) is 0 Å². The molecule has 1 saturated heterocycles. The summed E-state index contributed by atoms with van der Waals surface area (Å²) >= 11 is 3.47. The third-order valence-electron chi connectivity index (χ3n) is 4.89. The fraction of sp³-hybridized carbons (Fsp3) is 0.476. The van der Waals surface area contributed by atoms with Gasteiger partial charge in [0.05, 0.1) is 12.5 Å². The summed E-state index contributed by atoms with van der Waals surface area (Å²) in [6, 6.07) is 12.0. The van der Waals surface area contributed by atoms with Gasteiger partial charge in [-0.1, -0.05) is 28.1 Å². The lowest BCUT2D eigenvalue weighted by Crippen LogP contribution is -2.42. The Morgan fingerprint density at radius 2 is 1.93 bits per heavy atom. The van der Waals surface area contributed by atoms with Crippen molar-refractivity contribution < 1.29 is 19.4 Å². The van der Waals surface area contributed by atoms with Crippen molar-refractivity contribution in [3.63, 3.8) is 0 Å². The summed E-state index contributed by atoms with van der Waals surface area (Å²) in [6.45, 7) is 4.66. The molecule has 0 amide bonds. The van der Waals surface area contributed by atoms with E-state index in [1.807, 2.05) is 37.3 Å². The van der Waals surface area contributed by atoms with Crippen molar-refractivity contribution in [2.75, 3.05) is 32.8 Å². The third kappa shape index (κ3) is 5.67. The monoisotopic (exact) mass is 435 g/mol. The van der Waals surface area contributed by atoms with Crippen LogP contribution in [0.4, 0.5) is 0 Å². The highest BCUT2D eigenvalue weighted by Crippen LogP contribution is 2.24. The lowest BCUT2D eigenvalue weighted by atomic mass is 9.97. The maximum absolute atomic E-state index is 11.8. The van der Waals surface area contributed by atoms with E-state index in [4.69, 9.17) is 9.47 Å². The predicted molar refractivity (Wildman–Crippen MR) is 109 cm³/mol. The minimum absolute atomic E-state index is 0.00720. The zero-order valence-electron chi connectivity index (χ0n) is 15.6. The maximum atomic E-state index is 11.8. The summed E-state index contributed by atoms with van der Waals surface area (Å²) in [5, 5.41) is 12.6. The van der Waals surface area contributed by atoms with E-state index >= 15 is 0 Å². The highest BCUT2D eigenvalue weighted by atomic mass is 79.9. The first-order valence-corrected chi connectivity index (χ1v) is 10.2. The summed E-state index contributed by atoms with van der Waals surface area (Å²) < 4.78 is 11.9. The minimum atomic E-state index is -0.565. The Labute approximate surface area is 168 Å². The second-order valence-electron chi connectivity index (χ2n) is 6.95. The molecule has 0 radical (unpaired) electrons. The van der Waals surface area contributed by atoms with Crippen LogP contribution in [0, 0.1) is 5.92 Å². The summed E-state index contributed by atoms with van der Waals surface area (Å²) in [4.78, 5) is 14.0. The Balaban J connectivity index is 1.44. The Morgan fingerprint density at radius 1 is 1.22 bits per heavy atom. The number of likely N-dealkylation sites (tertiary alicyclic amines) is 1. The van der Waals surface area contributed by atoms with Crippen molar-refractivity contribution in [1.29, 1.82) is 0 Å². The number of benzene rings is 2. The molecule has 3 rings (SSSR count). The number of carbonyl (C=O) groups is 1. The van der Waals surface area contributed by atoms with Crippen LogP contribution < -0.4 is 4.74 Å². The van der Waals surface area contributed by atoms with Crippen LogP contribution in [0.15, 0.2) is 40.9 Å². The molecule has 0 saturated carbocycles. The van der Waals surface area contributed by atoms with Crippen molar-refractivity contribution in [1.82, 2.24) is 4.90 Å². The smallest absolute Gasteiger partial charge is 0.309 e. The molecule has 0 aliphatic carbocycles. The second kappa shape index (κ2) is 9.53. The lowest BCUT2D eigenvalue weighted by Gasteiger charge is -2.32. The van der Waals surface area contributed by atoms with Gasteiger partial charge < -0.3 is 19.5 Å². The molecule has 146 valence electrons. The van der Waals surface area contributed by atoms with Crippen molar-refractivity contribution in [3.05, 3.63) is 40.9 Å². The number of aliphatic hydroxyl groups excluding tert-OH is 1. The van der Waals surface area contributed by atoms with Crippen LogP contribution in [0.2, 0.25) is 0 Å². The van der Waals surface area contributed by atoms with E-state index in [2.05, 4.69) is 26.9 Å². The number of carbonyl (C=O) groups excluding carboxylic acids is 1. The third-order valence-corrected chi connectivity index (χ3v) is 5.39. The first-order valence-electron chi connectivity index (χ1n) is 9.44. The molecule has 2 aromatic rings. The first-order chi connectivity index (χ1) is 13.0. The molecular formula is C21H26BrNO4. The molecule has 2 aromatic carbocycles. The van der Waals surface area contributed by atoms with E-state index in [-0.39, 0.29) is 18.5 Å². The van der Waals surface area contributed by atoms with E-state index in [0.717, 1.165) is 46.9 Å². The molecule has 5 nitrogen and oxygen atoms in total. The minimum Gasteiger partial charge on any atom is -0.491 e. The van der Waals surface area contributed by atoms with E-state index in [1.54, 1.807) is 0 Å². The Morgan fingerprint density at radius 3 is 2.67 bits per heavy atom. The Bertz CT molecular complexity index is 774. The number of halogens is 1. The van der Waals surface area contributed by atoms with E-state index in [1.165, 1.54) is 0 Å². The lowest BCUT2D eigenvalue weighted by molar-refractivity contribution is -0.149. The van der Waals surface area contributed by atoms with Crippen LogP contribution in [0.1, 0.15) is 19.8 Å². The standard InChI is InChI=1S/C21H26BrNO4/c1-2-26-21(25)15-7-9-23(10-8-15)13-19(24)14-27-20-6-4-16-11-18(22)5-3-17(16)12-20/h3-6,11-12,15,19,24H,2,7-10,13-14H2,1H3. The highest BCUT2D eigenvalue weighted by Gasteiger charge is 2.26. The number of piperidine rings is 1. The van der Waals surface area contributed by atoms with Crippen LogP contribution in [0.25, 0.3) is 10.8 Å². The average Bonchev–Trinajstić information content (AvgIpc) is 2.67. The number of hydrogen-bond donors (Lipinski definition) is 1. The maximum Gasteiger partial charge on any atom is 0.309 e. The van der Waals surface area contributed by atoms with Crippen molar-refractivity contribution in [2.24, 2.45) is 5.92 Å². The normalized spacial score (nSPS) is 17.0. The van der Waals surface area contributed by atoms with Gasteiger partial charge in [-0.05, 0) is 67.9 Å². The van der Waals surface area contributed by atoms with Gasteiger partial charge in [0.15, 0.2) is 0 Å². The molecular weight excluding hydrogens is 410 g/mol. The number of esters is 1. The van der Waals surface area contributed by atoms with E-state index in [9.17, 15) is 9.90 Å². The quantitative estimate of drug-likeness (QED) is 0.672. The molecule has 0 bridgehead atoms. The molecule has 1 fully saturated rings. The van der Waals surface area contributed by atoms with E-state index in [0.29, 0.717) is 13.2 Å². The second-order valence-corrected chi connectivity index (χ2v) is 7.86. The van der Waals surface area contributed by atoms with Gasteiger partial charge in [0, 0.05) is 11.0 Å². The first kappa shape index (κ1) is 20.1. The topological polar surface area (TPSA) is 59.0 Å². The molecule has 1 aliphatic rings. The van der Waals surface area contributed by atoms with Gasteiger partial charge in [-0.15, -0.1) is 0 Å². The van der Waals surface area contributed by atoms with Crippen LogP contribution in [-0.2, 0) is 9.53 Å². The molecule has 1 atom stereocenters. The zero-order valence-corrected chi connectivity index (χ0v) is 17.2. The fourth-order valence-electron chi connectivity index (χ4n) is 3.44. The number of fused-ring (bicyclic) bond motifs is 1. The SMILES string of the molecule is CCOC(=O)C1CCN(CC(O)COc2ccc3cc(Br)ccc3c2)CC1. The van der Waals surface area contributed by atoms with Crippen molar-refractivity contribution >= 4 is 32.7 Å². The summed E-state index contributed by atoms with van der Waals surface area (Å²) in [7, 11) is 0. The average molecular weight is 436 g/mol.